The van der Waals surface area contributed by atoms with Crippen LogP contribution in [0.15, 0.2) is 54.7 Å². The molecular weight excluding hydrogens is 961 g/mol. The molecule has 0 saturated carbocycles. The third-order valence-corrected chi connectivity index (χ3v) is 11.4. The number of aliphatic carboxylic acids is 3. The highest BCUT2D eigenvalue weighted by Crippen LogP contribution is 2.20. The molecular formula is C47H60N10O16. The number of primary amides is 1. The predicted molar refractivity (Wildman–Crippen MR) is 254 cm³/mol. The number of carbonyl (C=O) groups is 12. The van der Waals surface area contributed by atoms with E-state index in [4.69, 9.17) is 5.73 Å². The molecule has 0 radical (unpaired) electrons. The molecule has 1 aromatic heterocycles. The lowest BCUT2D eigenvalue weighted by molar-refractivity contribution is -0.141. The number of rotatable bonds is 15. The van der Waals surface area contributed by atoms with Crippen LogP contribution in [-0.2, 0) is 70.4 Å². The first-order chi connectivity index (χ1) is 34.5. The number of para-hydroxylation sites is 1. The molecule has 1 fully saturated rings. The number of phenolic OH excluding ortho intramolecular Hbond substituents is 1. The van der Waals surface area contributed by atoms with Crippen molar-refractivity contribution in [3.63, 3.8) is 0 Å². The number of carbonyl (C=O) groups excluding carboxylic acids is 9. The second kappa shape index (κ2) is 27.1. The van der Waals surface area contributed by atoms with Gasteiger partial charge in [0.2, 0.25) is 53.2 Å². The van der Waals surface area contributed by atoms with Crippen LogP contribution in [-0.4, -0.2) is 145 Å². The Labute approximate surface area is 416 Å². The van der Waals surface area contributed by atoms with Gasteiger partial charge in [-0.05, 0) is 60.9 Å². The number of nitrogens with one attached hydrogen (secondary N) is 9. The van der Waals surface area contributed by atoms with E-state index in [1.165, 1.54) is 24.3 Å². The first-order valence-electron chi connectivity index (χ1n) is 23.1. The molecule has 0 bridgehead atoms. The van der Waals surface area contributed by atoms with Crippen molar-refractivity contribution in [2.75, 3.05) is 6.54 Å². The molecule has 73 heavy (non-hydrogen) atoms. The monoisotopic (exact) mass is 1020 g/mol. The highest BCUT2D eigenvalue weighted by Gasteiger charge is 2.35. The van der Waals surface area contributed by atoms with Gasteiger partial charge in [0.15, 0.2) is 0 Å². The average molecular weight is 1020 g/mol. The second-order valence-corrected chi connectivity index (χ2v) is 17.7. The Morgan fingerprint density at radius 3 is 1.71 bits per heavy atom. The van der Waals surface area contributed by atoms with Crippen LogP contribution in [0.2, 0.25) is 0 Å². The minimum absolute atomic E-state index is 0.0693. The fourth-order valence-corrected chi connectivity index (χ4v) is 7.69. The van der Waals surface area contributed by atoms with Crippen molar-refractivity contribution in [2.45, 2.75) is 120 Å². The Hall–Kier alpha value is -8.58. The third-order valence-electron chi connectivity index (χ3n) is 11.4. The molecule has 1 aliphatic rings. The Kier molecular flexibility index (Phi) is 21.2. The lowest BCUT2D eigenvalue weighted by Gasteiger charge is -2.27. The minimum atomic E-state index is -1.98. The number of phenols is 1. The minimum Gasteiger partial charge on any atom is -0.508 e. The van der Waals surface area contributed by atoms with Gasteiger partial charge in [0.05, 0.1) is 13.0 Å². The van der Waals surface area contributed by atoms with Crippen molar-refractivity contribution in [1.29, 1.82) is 0 Å². The molecule has 15 N–H and O–H groups in total. The summed E-state index contributed by atoms with van der Waals surface area (Å²) in [5.74, 6) is -14.5. The maximum atomic E-state index is 14.4. The normalized spacial score (nSPS) is 22.6. The van der Waals surface area contributed by atoms with E-state index in [0.29, 0.717) is 22.0 Å². The first kappa shape index (κ1) is 57.0. The van der Waals surface area contributed by atoms with Crippen molar-refractivity contribution in [3.8, 4) is 5.75 Å². The van der Waals surface area contributed by atoms with Gasteiger partial charge in [-0.1, -0.05) is 44.2 Å². The molecule has 0 spiro atoms. The summed E-state index contributed by atoms with van der Waals surface area (Å²) in [6.07, 6.45) is -3.80. The van der Waals surface area contributed by atoms with Crippen molar-refractivity contribution in [2.24, 2.45) is 11.7 Å². The summed E-state index contributed by atoms with van der Waals surface area (Å²) >= 11 is 0. The van der Waals surface area contributed by atoms with Gasteiger partial charge in [0.1, 0.15) is 48.0 Å². The van der Waals surface area contributed by atoms with E-state index in [-0.39, 0.29) is 30.9 Å². The van der Waals surface area contributed by atoms with Gasteiger partial charge >= 0.3 is 17.9 Å². The molecule has 1 aliphatic heterocycles. The standard InChI is InChI=1S/C47H60N10O16/c1-23(2)17-32-44(70)55-31(13-16-39(63)64)43(69)53-29(41(48)67)11-14-36(59)51-33(18-24-7-9-26(58)10-8-24)45(71)56-34(19-25-21-49-28-6-4-3-5-27(25)28)46(72)57-35(20-40(65)66)47(73)54-30(12-15-38(61)62)42(68)50-22-37(60)52-32/h3-10,21,23,29-35,49,58H,11-20,22H2,1-2H3,(H2,48,67)(H,50,68)(H,51,59)(H,52,60)(H,53,69)(H,54,73)(H,55,70)(H,56,71)(H,57,72)(H,61,62)(H,63,64)(H,65,66)/t29-,30-,31-,32-,33-,34-,35-/m0/s1. The zero-order chi connectivity index (χ0) is 53.9. The molecule has 4 rings (SSSR count). The number of benzene rings is 2. The van der Waals surface area contributed by atoms with Crippen LogP contribution >= 0.6 is 0 Å². The van der Waals surface area contributed by atoms with E-state index in [0.717, 1.165) is 0 Å². The summed E-state index contributed by atoms with van der Waals surface area (Å²) in [6, 6.07) is 0.784. The Bertz CT molecular complexity index is 2550. The maximum absolute atomic E-state index is 14.4. The van der Waals surface area contributed by atoms with Gasteiger partial charge in [0.25, 0.3) is 0 Å². The summed E-state index contributed by atoms with van der Waals surface area (Å²) in [5.41, 5.74) is 7.09. The summed E-state index contributed by atoms with van der Waals surface area (Å²) in [5, 5.41) is 58.3. The van der Waals surface area contributed by atoms with Crippen molar-refractivity contribution in [1.82, 2.24) is 47.5 Å². The molecule has 0 unspecified atom stereocenters. The number of hydrogen-bond donors (Lipinski definition) is 14. The molecule has 394 valence electrons. The highest BCUT2D eigenvalue weighted by atomic mass is 16.4. The topological polar surface area (TPSA) is 424 Å². The fourth-order valence-electron chi connectivity index (χ4n) is 7.69. The molecule has 2 aromatic carbocycles. The maximum Gasteiger partial charge on any atom is 0.305 e. The van der Waals surface area contributed by atoms with E-state index in [1.807, 2.05) is 0 Å². The lowest BCUT2D eigenvalue weighted by Crippen LogP contribution is -2.60. The van der Waals surface area contributed by atoms with Crippen molar-refractivity contribution < 1.29 is 78.0 Å². The number of carboxylic acids is 3. The van der Waals surface area contributed by atoms with Gasteiger partial charge in [-0.2, -0.15) is 0 Å². The summed E-state index contributed by atoms with van der Waals surface area (Å²) in [7, 11) is 0. The quantitative estimate of drug-likeness (QED) is 0.0761. The largest absolute Gasteiger partial charge is 0.508 e. The van der Waals surface area contributed by atoms with Gasteiger partial charge in [-0.25, -0.2) is 0 Å². The lowest BCUT2D eigenvalue weighted by atomic mass is 10.0. The molecule has 7 atom stereocenters. The SMILES string of the molecule is CC(C)C[C@@H]1NC(=O)CNC(=O)[C@H](CCC(=O)O)NC(=O)[C@H](CC(=O)O)NC(=O)[C@H](Cc2c[nH]c3ccccc23)NC(=O)[C@H](Cc2ccc(O)cc2)NC(=O)CC[C@@H](C(N)=O)NC(=O)[C@H](CCC(=O)O)NC1=O. The Morgan fingerprint density at radius 1 is 0.603 bits per heavy atom. The second-order valence-electron chi connectivity index (χ2n) is 17.7. The predicted octanol–water partition coefficient (Wildman–Crippen LogP) is -2.30. The molecule has 2 heterocycles. The summed E-state index contributed by atoms with van der Waals surface area (Å²) in [4.78, 5) is 162. The van der Waals surface area contributed by atoms with Gasteiger partial charge in [-0.3, -0.25) is 57.5 Å². The van der Waals surface area contributed by atoms with E-state index in [2.05, 4.69) is 47.5 Å². The van der Waals surface area contributed by atoms with Crippen LogP contribution < -0.4 is 48.3 Å². The van der Waals surface area contributed by atoms with Crippen LogP contribution in [0.1, 0.15) is 76.3 Å². The van der Waals surface area contributed by atoms with Crippen LogP contribution in [0.5, 0.6) is 5.75 Å². The number of amides is 9. The van der Waals surface area contributed by atoms with Gasteiger partial charge in [-0.15, -0.1) is 0 Å². The van der Waals surface area contributed by atoms with E-state index in [1.54, 1.807) is 44.3 Å². The van der Waals surface area contributed by atoms with Gasteiger partial charge in [0, 0.05) is 49.2 Å². The van der Waals surface area contributed by atoms with E-state index in [9.17, 15) is 78.0 Å². The van der Waals surface area contributed by atoms with Crippen LogP contribution in [0, 0.1) is 5.92 Å². The fraction of sp³-hybridized carbons (Fsp3) is 0.447. The Balaban J connectivity index is 1.80. The number of carboxylic acid groups (broad SMARTS) is 3. The zero-order valence-electron chi connectivity index (χ0n) is 39.9. The van der Waals surface area contributed by atoms with Crippen LogP contribution in [0.4, 0.5) is 0 Å². The number of nitrogens with two attached hydrogens (primary N) is 1. The van der Waals surface area contributed by atoms with Crippen molar-refractivity contribution in [3.05, 3.63) is 65.9 Å². The molecule has 26 heteroatoms. The number of aromatic amines is 1. The number of fused-ring (bicyclic) bond motifs is 1. The molecule has 9 amide bonds. The zero-order valence-corrected chi connectivity index (χ0v) is 39.9. The van der Waals surface area contributed by atoms with Crippen LogP contribution in [0.3, 0.4) is 0 Å². The van der Waals surface area contributed by atoms with E-state index >= 15 is 0 Å². The number of aromatic hydroxyl groups is 1. The number of aromatic nitrogens is 1. The number of hydrogen-bond acceptors (Lipinski definition) is 13. The van der Waals surface area contributed by atoms with Crippen molar-refractivity contribution >= 4 is 82.0 Å². The average Bonchev–Trinajstić information content (AvgIpc) is 3.73. The Morgan fingerprint density at radius 2 is 1.12 bits per heavy atom. The molecule has 3 aromatic rings. The summed E-state index contributed by atoms with van der Waals surface area (Å²) < 4.78 is 0. The molecule has 0 aliphatic carbocycles. The third kappa shape index (κ3) is 18.6. The summed E-state index contributed by atoms with van der Waals surface area (Å²) in [6.45, 7) is 2.48. The first-order valence-corrected chi connectivity index (χ1v) is 23.1. The molecule has 26 nitrogen and oxygen atoms in total. The molecule has 1 saturated heterocycles. The highest BCUT2D eigenvalue weighted by molar-refractivity contribution is 5.99. The van der Waals surface area contributed by atoms with Crippen LogP contribution in [0.25, 0.3) is 10.9 Å². The number of H-pyrrole nitrogens is 1. The smallest absolute Gasteiger partial charge is 0.305 e. The van der Waals surface area contributed by atoms with E-state index < -0.39 is 165 Å². The van der Waals surface area contributed by atoms with Gasteiger partial charge < -0.3 is 73.7 Å².